The number of rotatable bonds is 5. The smallest absolute Gasteiger partial charge is 0.159 e. The number of pyridine rings is 1. The normalized spacial score (nSPS) is 19.3. The summed E-state index contributed by atoms with van der Waals surface area (Å²) in [6.45, 7) is 1.75. The Morgan fingerprint density at radius 3 is 3.26 bits per heavy atom. The Balaban J connectivity index is 1.92. The Morgan fingerprint density at radius 2 is 2.47 bits per heavy atom. The predicted molar refractivity (Wildman–Crippen MR) is 78.5 cm³/mol. The summed E-state index contributed by atoms with van der Waals surface area (Å²) in [7, 11) is 1.73. The van der Waals surface area contributed by atoms with E-state index in [0.29, 0.717) is 6.61 Å². The Bertz CT molecular complexity index is 549. The summed E-state index contributed by atoms with van der Waals surface area (Å²) in [5.41, 5.74) is 2.02. The first-order valence-corrected chi connectivity index (χ1v) is 7.91. The molecule has 2 aromatic rings. The number of hydrogen-bond acceptors (Lipinski definition) is 4. The van der Waals surface area contributed by atoms with Crippen molar-refractivity contribution in [1.82, 2.24) is 14.5 Å². The number of fused-ring (bicyclic) bond motifs is 1. The molecule has 2 aromatic heterocycles. The molecule has 1 saturated heterocycles. The van der Waals surface area contributed by atoms with E-state index in [1.54, 1.807) is 7.11 Å². The highest BCUT2D eigenvalue weighted by molar-refractivity contribution is 7.99. The van der Waals surface area contributed by atoms with E-state index >= 15 is 0 Å². The lowest BCUT2D eigenvalue weighted by Crippen LogP contribution is -2.14. The van der Waals surface area contributed by atoms with Gasteiger partial charge in [0.1, 0.15) is 11.3 Å². The van der Waals surface area contributed by atoms with Crippen molar-refractivity contribution in [3.8, 4) is 0 Å². The molecule has 102 valence electrons. The first-order valence-electron chi connectivity index (χ1n) is 6.75. The fraction of sp³-hybridized carbons (Fsp3) is 0.571. The average Bonchev–Trinajstić information content (AvgIpc) is 3.06. The molecule has 0 radical (unpaired) electrons. The number of hydrogen-bond donors (Lipinski definition) is 0. The number of ether oxygens (including phenoxy) is 1. The molecule has 1 fully saturated rings. The Morgan fingerprint density at radius 1 is 1.53 bits per heavy atom. The van der Waals surface area contributed by atoms with Crippen molar-refractivity contribution in [2.24, 2.45) is 5.92 Å². The van der Waals surface area contributed by atoms with Gasteiger partial charge in [-0.05, 0) is 36.0 Å². The van der Waals surface area contributed by atoms with Gasteiger partial charge in [-0.1, -0.05) is 0 Å². The van der Waals surface area contributed by atoms with E-state index in [9.17, 15) is 0 Å². The quantitative estimate of drug-likeness (QED) is 0.841. The summed E-state index contributed by atoms with van der Waals surface area (Å²) in [5.74, 6) is 4.41. The highest BCUT2D eigenvalue weighted by atomic mass is 32.2. The van der Waals surface area contributed by atoms with E-state index in [2.05, 4.69) is 21.3 Å². The molecule has 3 heterocycles. The first kappa shape index (κ1) is 12.9. The standard InChI is InChI=1S/C14H19N3OS/c1-18-7-4-13-16-12-3-2-6-15-14(12)17(13)9-11-5-8-19-10-11/h2-3,6,11H,4-5,7-10H2,1H3. The molecule has 0 amide bonds. The molecule has 0 saturated carbocycles. The van der Waals surface area contributed by atoms with Crippen LogP contribution < -0.4 is 0 Å². The van der Waals surface area contributed by atoms with Gasteiger partial charge in [0, 0.05) is 26.3 Å². The summed E-state index contributed by atoms with van der Waals surface area (Å²) >= 11 is 2.05. The second kappa shape index (κ2) is 5.92. The molecule has 1 unspecified atom stereocenters. The number of nitrogens with zero attached hydrogens (tertiary/aromatic N) is 3. The molecule has 0 aromatic carbocycles. The van der Waals surface area contributed by atoms with Crippen molar-refractivity contribution in [3.63, 3.8) is 0 Å². The second-order valence-electron chi connectivity index (χ2n) is 4.96. The van der Waals surface area contributed by atoms with Crippen LogP contribution in [-0.2, 0) is 17.7 Å². The molecule has 1 aliphatic rings. The fourth-order valence-corrected chi connectivity index (χ4v) is 3.84. The lowest BCUT2D eigenvalue weighted by atomic mass is 10.1. The predicted octanol–water partition coefficient (Wildman–Crippen LogP) is 2.37. The van der Waals surface area contributed by atoms with Crippen LogP contribution in [0, 0.1) is 5.92 Å². The maximum atomic E-state index is 5.19. The van der Waals surface area contributed by atoms with Crippen molar-refractivity contribution in [1.29, 1.82) is 0 Å². The van der Waals surface area contributed by atoms with Gasteiger partial charge in [-0.3, -0.25) is 0 Å². The maximum Gasteiger partial charge on any atom is 0.159 e. The number of imidazole rings is 1. The van der Waals surface area contributed by atoms with Gasteiger partial charge in [0.2, 0.25) is 0 Å². The minimum Gasteiger partial charge on any atom is -0.384 e. The minimum absolute atomic E-state index is 0.711. The van der Waals surface area contributed by atoms with Gasteiger partial charge in [0.15, 0.2) is 5.65 Å². The molecule has 3 rings (SSSR count). The molecule has 0 spiro atoms. The number of thioether (sulfide) groups is 1. The molecule has 4 nitrogen and oxygen atoms in total. The highest BCUT2D eigenvalue weighted by Crippen LogP contribution is 2.26. The highest BCUT2D eigenvalue weighted by Gasteiger charge is 2.19. The number of aromatic nitrogens is 3. The molecule has 19 heavy (non-hydrogen) atoms. The monoisotopic (exact) mass is 277 g/mol. The van der Waals surface area contributed by atoms with Crippen LogP contribution in [0.4, 0.5) is 0 Å². The summed E-state index contributed by atoms with van der Waals surface area (Å²) in [6.07, 6.45) is 4.01. The van der Waals surface area contributed by atoms with E-state index in [1.165, 1.54) is 17.9 Å². The van der Waals surface area contributed by atoms with Gasteiger partial charge < -0.3 is 9.30 Å². The van der Waals surface area contributed by atoms with Crippen LogP contribution in [0.3, 0.4) is 0 Å². The van der Waals surface area contributed by atoms with Crippen molar-refractivity contribution in [2.45, 2.75) is 19.4 Å². The topological polar surface area (TPSA) is 39.9 Å². The van der Waals surface area contributed by atoms with Crippen LogP contribution in [-0.4, -0.2) is 39.8 Å². The zero-order valence-electron chi connectivity index (χ0n) is 11.2. The molecule has 1 atom stereocenters. The van der Waals surface area contributed by atoms with Gasteiger partial charge in [0.25, 0.3) is 0 Å². The van der Waals surface area contributed by atoms with Crippen molar-refractivity contribution < 1.29 is 4.74 Å². The summed E-state index contributed by atoms with van der Waals surface area (Å²) in [6, 6.07) is 3.99. The van der Waals surface area contributed by atoms with Crippen LogP contribution >= 0.6 is 11.8 Å². The van der Waals surface area contributed by atoms with Crippen LogP contribution in [0.5, 0.6) is 0 Å². The van der Waals surface area contributed by atoms with Crippen molar-refractivity contribution in [3.05, 3.63) is 24.2 Å². The third-order valence-electron chi connectivity index (χ3n) is 3.58. The summed E-state index contributed by atoms with van der Waals surface area (Å²) in [5, 5.41) is 0. The maximum absolute atomic E-state index is 5.19. The fourth-order valence-electron chi connectivity index (χ4n) is 2.57. The molecule has 0 N–H and O–H groups in total. The van der Waals surface area contributed by atoms with Gasteiger partial charge in [-0.2, -0.15) is 11.8 Å². The van der Waals surface area contributed by atoms with Gasteiger partial charge >= 0.3 is 0 Å². The molecular formula is C14H19N3OS. The van der Waals surface area contributed by atoms with Gasteiger partial charge in [0.05, 0.1) is 6.61 Å². The summed E-state index contributed by atoms with van der Waals surface area (Å²) in [4.78, 5) is 9.21. The Hall–Kier alpha value is -1.07. The molecule has 5 heteroatoms. The van der Waals surface area contributed by atoms with Crippen LogP contribution in [0.15, 0.2) is 18.3 Å². The lowest BCUT2D eigenvalue weighted by molar-refractivity contribution is 0.199. The zero-order chi connectivity index (χ0) is 13.1. The van der Waals surface area contributed by atoms with E-state index in [-0.39, 0.29) is 0 Å². The Kier molecular flexibility index (Phi) is 4.03. The minimum atomic E-state index is 0.711. The third kappa shape index (κ3) is 2.77. The molecule has 0 bridgehead atoms. The third-order valence-corrected chi connectivity index (χ3v) is 4.81. The second-order valence-corrected chi connectivity index (χ2v) is 6.11. The van der Waals surface area contributed by atoms with Crippen LogP contribution in [0.2, 0.25) is 0 Å². The van der Waals surface area contributed by atoms with Crippen molar-refractivity contribution in [2.75, 3.05) is 25.2 Å². The zero-order valence-corrected chi connectivity index (χ0v) is 12.0. The van der Waals surface area contributed by atoms with E-state index in [4.69, 9.17) is 9.72 Å². The van der Waals surface area contributed by atoms with Crippen LogP contribution in [0.25, 0.3) is 11.2 Å². The Labute approximate surface area is 117 Å². The molecule has 0 aliphatic carbocycles. The van der Waals surface area contributed by atoms with E-state index in [0.717, 1.165) is 35.9 Å². The number of methoxy groups -OCH3 is 1. The average molecular weight is 277 g/mol. The van der Waals surface area contributed by atoms with Gasteiger partial charge in [-0.15, -0.1) is 0 Å². The molecular weight excluding hydrogens is 258 g/mol. The molecule has 1 aliphatic heterocycles. The van der Waals surface area contributed by atoms with Crippen LogP contribution in [0.1, 0.15) is 12.2 Å². The van der Waals surface area contributed by atoms with E-state index in [1.807, 2.05) is 18.3 Å². The summed E-state index contributed by atoms with van der Waals surface area (Å²) < 4.78 is 7.49. The largest absolute Gasteiger partial charge is 0.384 e. The van der Waals surface area contributed by atoms with Gasteiger partial charge in [-0.25, -0.2) is 9.97 Å². The lowest BCUT2D eigenvalue weighted by Gasteiger charge is -2.13. The van der Waals surface area contributed by atoms with E-state index < -0.39 is 0 Å². The first-order chi connectivity index (χ1) is 9.38. The van der Waals surface area contributed by atoms with Crippen molar-refractivity contribution >= 4 is 22.9 Å². The SMILES string of the molecule is COCCc1nc2cccnc2n1CC1CCSC1.